The number of aryl methyl sites for hydroxylation is 2. The molecule has 3 nitrogen and oxygen atoms in total. The Morgan fingerprint density at radius 2 is 0.860 bits per heavy atom. The molecule has 0 unspecified atom stereocenters. The zero-order chi connectivity index (χ0) is 30.8. The Bertz CT molecular complexity index is 1320. The smallest absolute Gasteiger partial charge is 0.0399 e. The molecule has 1 N–H and O–H groups in total. The first-order chi connectivity index (χ1) is 20.0. The normalized spacial score (nSPS) is 10.4. The average Bonchev–Trinajstić information content (AvgIpc) is 2.99. The van der Waals surface area contributed by atoms with Crippen molar-refractivity contribution < 1.29 is 26.2 Å². The number of hydrogen-bond acceptors (Lipinski definition) is 3. The first-order valence-electron chi connectivity index (χ1n) is 15.2. The number of nitrogens with one attached hydrogen (secondary N) is 1. The largest absolute Gasteiger partial charge is 0.373 e. The fourth-order valence-corrected chi connectivity index (χ4v) is 5.32. The van der Waals surface area contributed by atoms with Crippen LogP contribution in [0, 0.1) is 61.8 Å². The zero-order valence-electron chi connectivity index (χ0n) is 28.2. The van der Waals surface area contributed by atoms with Crippen LogP contribution in [0.25, 0.3) is 0 Å². The van der Waals surface area contributed by atoms with E-state index in [9.17, 15) is 0 Å². The van der Waals surface area contributed by atoms with Crippen molar-refractivity contribution in [3.05, 3.63) is 135 Å². The molecule has 4 aromatic carbocycles. The van der Waals surface area contributed by atoms with Gasteiger partial charge in [0.05, 0.1) is 0 Å². The molecule has 4 rings (SSSR count). The molecule has 0 aromatic heterocycles. The summed E-state index contributed by atoms with van der Waals surface area (Å²) in [5, 5.41) is 3.62. The van der Waals surface area contributed by atoms with Crippen molar-refractivity contribution >= 4 is 11.4 Å². The van der Waals surface area contributed by atoms with Gasteiger partial charge in [-0.2, -0.15) is 0 Å². The van der Waals surface area contributed by atoms with Gasteiger partial charge in [-0.25, -0.2) is 0 Å². The van der Waals surface area contributed by atoms with Gasteiger partial charge in [-0.15, -0.1) is 41.8 Å². The van der Waals surface area contributed by atoms with Gasteiger partial charge in [-0.1, -0.05) is 36.4 Å². The maximum atomic E-state index is 3.62. The van der Waals surface area contributed by atoms with E-state index in [-0.39, 0.29) is 26.2 Å². The van der Waals surface area contributed by atoms with E-state index in [2.05, 4.69) is 152 Å². The molecule has 0 heterocycles. The molecule has 0 aliphatic rings. The third kappa shape index (κ3) is 10.1. The predicted octanol–water partition coefficient (Wildman–Crippen LogP) is 8.60. The van der Waals surface area contributed by atoms with Crippen LogP contribution >= 0.6 is 0 Å². The van der Waals surface area contributed by atoms with Crippen LogP contribution in [0.1, 0.15) is 55.6 Å². The van der Waals surface area contributed by atoms with Crippen molar-refractivity contribution in [2.75, 3.05) is 50.1 Å². The minimum atomic E-state index is 0. The van der Waals surface area contributed by atoms with Crippen molar-refractivity contribution in [2.24, 2.45) is 0 Å². The summed E-state index contributed by atoms with van der Waals surface area (Å²) in [6.45, 7) is 21.8. The third-order valence-corrected chi connectivity index (χ3v) is 8.91. The minimum absolute atomic E-state index is 0. The van der Waals surface area contributed by atoms with Crippen LogP contribution in [0.2, 0.25) is 0 Å². The van der Waals surface area contributed by atoms with Crippen molar-refractivity contribution in [1.82, 2.24) is 5.32 Å². The summed E-state index contributed by atoms with van der Waals surface area (Å²) in [5.74, 6) is 0. The number of hydrogen-bond donors (Lipinski definition) is 1. The van der Waals surface area contributed by atoms with Crippen LogP contribution < -0.4 is 15.1 Å². The summed E-state index contributed by atoms with van der Waals surface area (Å²) in [7, 11) is 4.40. The number of likely N-dealkylation sites (N-methyl/N-ethyl adjacent to an activating group) is 2. The molecule has 0 aliphatic carbocycles. The fraction of sp³-hybridized carbons (Fsp3) is 0.359. The van der Waals surface area contributed by atoms with Gasteiger partial charge in [0.25, 0.3) is 0 Å². The molecule has 4 heteroatoms. The van der Waals surface area contributed by atoms with Crippen molar-refractivity contribution in [3.63, 3.8) is 0 Å². The second kappa shape index (κ2) is 17.5. The monoisotopic (exact) mass is 652 g/mol. The molecule has 0 atom stereocenters. The standard InChI is InChI=1S/C26H41N3.C13H11.Zr/c1-17-15-25(23(7)21(5)19(17)3)28(9)13-11-27-12-14-29(10)26-16-18(2)20(4)22(6)24(26)8;1-3-7-12(8-4-1)11-13-9-5-2-6-10-13;/h15-16,27H,11-14H2,1-10H3;1-11H;/q;-1;. The number of nitrogens with zero attached hydrogens (tertiary/aromatic N) is 2. The molecule has 228 valence electrons. The van der Waals surface area contributed by atoms with E-state index in [1.807, 2.05) is 12.1 Å². The molecule has 0 bridgehead atoms. The van der Waals surface area contributed by atoms with E-state index in [0.29, 0.717) is 0 Å². The molecular formula is C39H52N3Zr-. The van der Waals surface area contributed by atoms with Crippen LogP contribution in [0.5, 0.6) is 0 Å². The minimum Gasteiger partial charge on any atom is -0.373 e. The van der Waals surface area contributed by atoms with E-state index in [1.165, 1.54) is 67.0 Å². The summed E-state index contributed by atoms with van der Waals surface area (Å²) in [6.07, 6.45) is 2.17. The Hall–Kier alpha value is -2.81. The van der Waals surface area contributed by atoms with Gasteiger partial charge < -0.3 is 15.1 Å². The van der Waals surface area contributed by atoms with E-state index < -0.39 is 0 Å². The summed E-state index contributed by atoms with van der Waals surface area (Å²) >= 11 is 0. The molecule has 43 heavy (non-hydrogen) atoms. The summed E-state index contributed by atoms with van der Waals surface area (Å²) < 4.78 is 0. The SMILES string of the molecule is Cc1cc(N(C)CCNCCN(C)c2cc(C)c(C)c(C)c2C)c(C)c(C)c1C.[Zr].c1ccc([CH-]c2ccccc2)cc1. The molecule has 4 aromatic rings. The van der Waals surface area contributed by atoms with Gasteiger partial charge in [-0.3, -0.25) is 0 Å². The topological polar surface area (TPSA) is 18.5 Å². The van der Waals surface area contributed by atoms with Crippen LogP contribution in [-0.4, -0.2) is 40.3 Å². The molecule has 0 aliphatic heterocycles. The summed E-state index contributed by atoms with van der Waals surface area (Å²) in [6, 6.07) is 25.3. The second-order valence-electron chi connectivity index (χ2n) is 11.7. The second-order valence-corrected chi connectivity index (χ2v) is 11.7. The Kier molecular flexibility index (Phi) is 14.8. The van der Waals surface area contributed by atoms with Gasteiger partial charge in [-0.05, 0) is 112 Å². The number of benzene rings is 4. The molecule has 0 amide bonds. The van der Waals surface area contributed by atoms with Crippen molar-refractivity contribution in [2.45, 2.75) is 55.4 Å². The molecule has 0 fully saturated rings. The van der Waals surface area contributed by atoms with Crippen LogP contribution in [0.15, 0.2) is 72.8 Å². The van der Waals surface area contributed by atoms with Crippen LogP contribution in [0.3, 0.4) is 0 Å². The maximum Gasteiger partial charge on any atom is 0.0399 e. The van der Waals surface area contributed by atoms with Gasteiger partial charge in [0.2, 0.25) is 0 Å². The summed E-state index contributed by atoms with van der Waals surface area (Å²) in [4.78, 5) is 4.75. The van der Waals surface area contributed by atoms with Crippen molar-refractivity contribution in [1.29, 1.82) is 0 Å². The first kappa shape index (κ1) is 36.4. The van der Waals surface area contributed by atoms with Gasteiger partial charge in [0, 0.05) is 77.9 Å². The third-order valence-electron chi connectivity index (χ3n) is 8.91. The maximum absolute atomic E-state index is 3.62. The Morgan fingerprint density at radius 3 is 1.21 bits per heavy atom. The average molecular weight is 654 g/mol. The Balaban J connectivity index is 0.000000383. The zero-order valence-corrected chi connectivity index (χ0v) is 30.7. The molecule has 0 saturated carbocycles. The van der Waals surface area contributed by atoms with Crippen molar-refractivity contribution in [3.8, 4) is 0 Å². The molecule has 0 saturated heterocycles. The molecular weight excluding hydrogens is 602 g/mol. The Labute approximate surface area is 281 Å². The van der Waals surface area contributed by atoms with E-state index in [4.69, 9.17) is 0 Å². The number of anilines is 2. The van der Waals surface area contributed by atoms with E-state index >= 15 is 0 Å². The van der Waals surface area contributed by atoms with Gasteiger partial charge in [0.15, 0.2) is 0 Å². The quantitative estimate of drug-likeness (QED) is 0.137. The fourth-order valence-electron chi connectivity index (χ4n) is 5.32. The number of rotatable bonds is 10. The van der Waals surface area contributed by atoms with E-state index in [0.717, 1.165) is 26.2 Å². The van der Waals surface area contributed by atoms with Gasteiger partial charge >= 0.3 is 0 Å². The van der Waals surface area contributed by atoms with Crippen LogP contribution in [0.4, 0.5) is 11.4 Å². The van der Waals surface area contributed by atoms with Crippen LogP contribution in [-0.2, 0) is 26.2 Å². The molecule has 0 radical (unpaired) electrons. The molecule has 0 spiro atoms. The first-order valence-corrected chi connectivity index (χ1v) is 15.2. The van der Waals surface area contributed by atoms with Gasteiger partial charge in [0.1, 0.15) is 0 Å². The summed E-state index contributed by atoms with van der Waals surface area (Å²) in [5.41, 5.74) is 16.4. The predicted molar refractivity (Wildman–Crippen MR) is 186 cm³/mol. The van der Waals surface area contributed by atoms with E-state index in [1.54, 1.807) is 0 Å². The Morgan fingerprint density at radius 1 is 0.512 bits per heavy atom.